The first-order valence-electron chi connectivity index (χ1n) is 5.14. The van der Waals surface area contributed by atoms with Crippen molar-refractivity contribution in [3.63, 3.8) is 0 Å². The van der Waals surface area contributed by atoms with E-state index in [0.717, 1.165) is 12.0 Å². The van der Waals surface area contributed by atoms with Crippen LogP contribution >= 0.6 is 0 Å². The molecule has 0 unspecified atom stereocenters. The van der Waals surface area contributed by atoms with E-state index >= 15 is 0 Å². The van der Waals surface area contributed by atoms with Gasteiger partial charge in [0.25, 0.3) is 0 Å². The van der Waals surface area contributed by atoms with Gasteiger partial charge in [0, 0.05) is 32.9 Å². The highest BCUT2D eigenvalue weighted by molar-refractivity contribution is 5.95. The van der Waals surface area contributed by atoms with Crippen LogP contribution in [0.2, 0.25) is 0 Å². The van der Waals surface area contributed by atoms with Gasteiger partial charge in [-0.1, -0.05) is 0 Å². The van der Waals surface area contributed by atoms with Crippen LogP contribution in [0.3, 0.4) is 0 Å². The van der Waals surface area contributed by atoms with Crippen LogP contribution in [0.5, 0.6) is 0 Å². The molecule has 16 heavy (non-hydrogen) atoms. The van der Waals surface area contributed by atoms with Gasteiger partial charge in [-0.2, -0.15) is 10.2 Å². The first kappa shape index (κ1) is 10.6. The summed E-state index contributed by atoms with van der Waals surface area (Å²) in [6, 6.07) is 0. The maximum absolute atomic E-state index is 11.8. The lowest BCUT2D eigenvalue weighted by Gasteiger charge is -1.95. The molecule has 0 aliphatic carbocycles. The molecule has 0 bridgehead atoms. The van der Waals surface area contributed by atoms with Crippen molar-refractivity contribution in [1.82, 2.24) is 19.6 Å². The maximum atomic E-state index is 11.8. The monoisotopic (exact) mass is 218 g/mol. The Morgan fingerprint density at radius 2 is 1.88 bits per heavy atom. The largest absolute Gasteiger partial charge is 0.294 e. The van der Waals surface area contributed by atoms with Crippen LogP contribution in [0.1, 0.15) is 22.3 Å². The lowest BCUT2D eigenvalue weighted by atomic mass is 10.1. The summed E-state index contributed by atoms with van der Waals surface area (Å²) in [4.78, 5) is 11.8. The van der Waals surface area contributed by atoms with Crippen LogP contribution in [0.4, 0.5) is 0 Å². The fourth-order valence-corrected chi connectivity index (χ4v) is 1.57. The number of aryl methyl sites for hydroxylation is 3. The zero-order chi connectivity index (χ0) is 11.5. The molecular weight excluding hydrogens is 204 g/mol. The SMILES string of the molecule is Cn1cc(CCC(=O)c2cnn(C)c2)cn1. The number of rotatable bonds is 4. The predicted molar refractivity (Wildman–Crippen MR) is 59.1 cm³/mol. The minimum Gasteiger partial charge on any atom is -0.294 e. The normalized spacial score (nSPS) is 10.6. The van der Waals surface area contributed by atoms with Crippen LogP contribution in [0, 0.1) is 0 Å². The van der Waals surface area contributed by atoms with Crippen molar-refractivity contribution < 1.29 is 4.79 Å². The predicted octanol–water partition coefficient (Wildman–Crippen LogP) is 0.969. The fraction of sp³-hybridized carbons (Fsp3) is 0.364. The van der Waals surface area contributed by atoms with Gasteiger partial charge in [-0.05, 0) is 12.0 Å². The molecule has 84 valence electrons. The van der Waals surface area contributed by atoms with Gasteiger partial charge in [-0.15, -0.1) is 0 Å². The molecule has 2 aromatic heterocycles. The standard InChI is InChI=1S/C11H14N4O/c1-14-7-9(5-12-14)3-4-11(16)10-6-13-15(2)8-10/h5-8H,3-4H2,1-2H3. The molecule has 2 rings (SSSR count). The highest BCUT2D eigenvalue weighted by Gasteiger charge is 2.08. The van der Waals surface area contributed by atoms with E-state index in [-0.39, 0.29) is 5.78 Å². The summed E-state index contributed by atoms with van der Waals surface area (Å²) in [5.74, 6) is 0.122. The lowest BCUT2D eigenvalue weighted by Crippen LogP contribution is -1.99. The van der Waals surface area contributed by atoms with Crippen molar-refractivity contribution in [2.45, 2.75) is 12.8 Å². The Bertz CT molecular complexity index is 498. The molecule has 0 aromatic carbocycles. The molecule has 0 saturated carbocycles. The van der Waals surface area contributed by atoms with E-state index in [1.807, 2.05) is 13.2 Å². The van der Waals surface area contributed by atoms with Gasteiger partial charge < -0.3 is 0 Å². The number of carbonyl (C=O) groups excluding carboxylic acids is 1. The maximum Gasteiger partial charge on any atom is 0.166 e. The van der Waals surface area contributed by atoms with Crippen molar-refractivity contribution in [2.24, 2.45) is 14.1 Å². The van der Waals surface area contributed by atoms with Gasteiger partial charge in [0.05, 0.1) is 18.0 Å². The number of hydrogen-bond donors (Lipinski definition) is 0. The topological polar surface area (TPSA) is 52.7 Å². The summed E-state index contributed by atoms with van der Waals surface area (Å²) in [6.07, 6.45) is 8.28. The molecule has 5 nitrogen and oxygen atoms in total. The molecular formula is C11H14N4O. The fourth-order valence-electron chi connectivity index (χ4n) is 1.57. The van der Waals surface area contributed by atoms with E-state index in [2.05, 4.69) is 10.2 Å². The summed E-state index contributed by atoms with van der Waals surface area (Å²) in [7, 11) is 3.67. The third kappa shape index (κ3) is 2.36. The Morgan fingerprint density at radius 1 is 1.19 bits per heavy atom. The highest BCUT2D eigenvalue weighted by Crippen LogP contribution is 2.06. The first-order valence-corrected chi connectivity index (χ1v) is 5.14. The lowest BCUT2D eigenvalue weighted by molar-refractivity contribution is 0.0983. The average Bonchev–Trinajstić information content (AvgIpc) is 2.84. The van der Waals surface area contributed by atoms with E-state index in [0.29, 0.717) is 12.0 Å². The van der Waals surface area contributed by atoms with Gasteiger partial charge in [0.15, 0.2) is 5.78 Å². The van der Waals surface area contributed by atoms with Crippen molar-refractivity contribution >= 4 is 5.78 Å². The Morgan fingerprint density at radius 3 is 2.44 bits per heavy atom. The molecule has 5 heteroatoms. The zero-order valence-corrected chi connectivity index (χ0v) is 9.42. The van der Waals surface area contributed by atoms with Crippen molar-refractivity contribution in [2.75, 3.05) is 0 Å². The second kappa shape index (κ2) is 4.30. The third-order valence-corrected chi connectivity index (χ3v) is 2.43. The van der Waals surface area contributed by atoms with Crippen LogP contribution < -0.4 is 0 Å². The van der Waals surface area contributed by atoms with Crippen molar-refractivity contribution in [3.05, 3.63) is 35.9 Å². The number of nitrogens with zero attached hydrogens (tertiary/aromatic N) is 4. The van der Waals surface area contributed by atoms with E-state index in [1.165, 1.54) is 0 Å². The minimum atomic E-state index is 0.122. The number of hydrogen-bond acceptors (Lipinski definition) is 3. The van der Waals surface area contributed by atoms with E-state index in [9.17, 15) is 4.79 Å². The minimum absolute atomic E-state index is 0.122. The summed E-state index contributed by atoms with van der Waals surface area (Å²) < 4.78 is 3.38. The Balaban J connectivity index is 1.93. The molecule has 0 radical (unpaired) electrons. The second-order valence-corrected chi connectivity index (χ2v) is 3.85. The second-order valence-electron chi connectivity index (χ2n) is 3.85. The Kier molecular flexibility index (Phi) is 2.85. The van der Waals surface area contributed by atoms with Gasteiger partial charge in [-0.25, -0.2) is 0 Å². The molecule has 0 N–H and O–H groups in total. The number of Topliss-reactive ketones (excluding diaryl/α,β-unsaturated/α-hetero) is 1. The highest BCUT2D eigenvalue weighted by atomic mass is 16.1. The van der Waals surface area contributed by atoms with Crippen LogP contribution in [0.25, 0.3) is 0 Å². The third-order valence-electron chi connectivity index (χ3n) is 2.43. The molecule has 0 amide bonds. The van der Waals surface area contributed by atoms with Crippen molar-refractivity contribution in [1.29, 1.82) is 0 Å². The molecule has 2 aromatic rings. The van der Waals surface area contributed by atoms with Gasteiger partial charge in [0.2, 0.25) is 0 Å². The molecule has 0 spiro atoms. The van der Waals surface area contributed by atoms with Gasteiger partial charge in [-0.3, -0.25) is 14.2 Å². The Hall–Kier alpha value is -1.91. The summed E-state index contributed by atoms with van der Waals surface area (Å²) in [6.45, 7) is 0. The number of aromatic nitrogens is 4. The molecule has 0 aliphatic heterocycles. The summed E-state index contributed by atoms with van der Waals surface area (Å²) in [5.41, 5.74) is 1.76. The average molecular weight is 218 g/mol. The van der Waals surface area contributed by atoms with Gasteiger partial charge in [0.1, 0.15) is 0 Å². The molecule has 0 atom stereocenters. The van der Waals surface area contributed by atoms with E-state index < -0.39 is 0 Å². The summed E-state index contributed by atoms with van der Waals surface area (Å²) in [5, 5.41) is 8.04. The smallest absolute Gasteiger partial charge is 0.166 e. The van der Waals surface area contributed by atoms with Gasteiger partial charge >= 0.3 is 0 Å². The zero-order valence-electron chi connectivity index (χ0n) is 9.42. The molecule has 0 saturated heterocycles. The quantitative estimate of drug-likeness (QED) is 0.718. The summed E-state index contributed by atoms with van der Waals surface area (Å²) >= 11 is 0. The molecule has 0 fully saturated rings. The molecule has 2 heterocycles. The van der Waals surface area contributed by atoms with Crippen LogP contribution in [-0.2, 0) is 20.5 Å². The van der Waals surface area contributed by atoms with Crippen LogP contribution in [-0.4, -0.2) is 25.3 Å². The van der Waals surface area contributed by atoms with Crippen LogP contribution in [0.15, 0.2) is 24.8 Å². The number of ketones is 1. The Labute approximate surface area is 93.7 Å². The van der Waals surface area contributed by atoms with E-state index in [1.54, 1.807) is 35.0 Å². The van der Waals surface area contributed by atoms with Crippen molar-refractivity contribution in [3.8, 4) is 0 Å². The first-order chi connectivity index (χ1) is 7.65. The van der Waals surface area contributed by atoms with E-state index in [4.69, 9.17) is 0 Å². The number of carbonyl (C=O) groups is 1. The molecule has 0 aliphatic rings.